The van der Waals surface area contributed by atoms with E-state index in [0.717, 1.165) is 33.8 Å². The maximum absolute atomic E-state index is 4.66. The number of benzene rings is 1. The highest BCUT2D eigenvalue weighted by Gasteiger charge is 2.23. The molecular formula is C16H17N5S2. The molecule has 0 spiro atoms. The van der Waals surface area contributed by atoms with E-state index in [1.807, 2.05) is 22.7 Å². The smallest absolute Gasteiger partial charge is 0.235 e. The van der Waals surface area contributed by atoms with Crippen molar-refractivity contribution >= 4 is 34.1 Å². The Hall–Kier alpha value is -1.70. The van der Waals surface area contributed by atoms with E-state index in [1.165, 1.54) is 12.0 Å². The predicted octanol–water partition coefficient (Wildman–Crippen LogP) is 3.42. The molecule has 2 aromatic heterocycles. The Balaban J connectivity index is 1.42. The van der Waals surface area contributed by atoms with Crippen LogP contribution >= 0.6 is 23.1 Å². The van der Waals surface area contributed by atoms with E-state index in [2.05, 4.69) is 44.9 Å². The van der Waals surface area contributed by atoms with Crippen molar-refractivity contribution in [2.75, 3.05) is 12.3 Å². The molecule has 4 rings (SSSR count). The highest BCUT2D eigenvalue weighted by Crippen LogP contribution is 2.28. The molecule has 0 saturated carbocycles. The molecule has 0 radical (unpaired) electrons. The topological polar surface area (TPSA) is 55.1 Å². The maximum atomic E-state index is 4.66. The van der Waals surface area contributed by atoms with Gasteiger partial charge in [-0.2, -0.15) is 4.52 Å². The van der Waals surface area contributed by atoms with Crippen molar-refractivity contribution in [2.45, 2.75) is 23.2 Å². The molecule has 5 nitrogen and oxygen atoms in total. The van der Waals surface area contributed by atoms with Gasteiger partial charge in [-0.3, -0.25) is 0 Å². The van der Waals surface area contributed by atoms with Gasteiger partial charge in [0.2, 0.25) is 4.96 Å². The zero-order chi connectivity index (χ0) is 15.5. The summed E-state index contributed by atoms with van der Waals surface area (Å²) in [4.78, 5) is 0.878. The van der Waals surface area contributed by atoms with Crippen LogP contribution in [0.3, 0.4) is 0 Å². The Labute approximate surface area is 142 Å². The molecule has 0 amide bonds. The number of nitrogens with zero attached hydrogens (tertiary/aromatic N) is 4. The van der Waals surface area contributed by atoms with E-state index in [4.69, 9.17) is 0 Å². The second-order valence-electron chi connectivity index (χ2n) is 5.39. The fraction of sp³-hybridized carbons (Fsp3) is 0.312. The van der Waals surface area contributed by atoms with Crippen molar-refractivity contribution in [2.24, 2.45) is 0 Å². The normalized spacial score (nSPS) is 18.3. The summed E-state index contributed by atoms with van der Waals surface area (Å²) in [5.41, 5.74) is 1.22. The van der Waals surface area contributed by atoms with Crippen LogP contribution < -0.4 is 5.32 Å². The molecule has 118 valence electrons. The lowest BCUT2D eigenvalue weighted by molar-refractivity contribution is 0.582. The summed E-state index contributed by atoms with van der Waals surface area (Å²) in [7, 11) is 0. The second kappa shape index (κ2) is 6.82. The third-order valence-electron chi connectivity index (χ3n) is 3.78. The van der Waals surface area contributed by atoms with E-state index in [0.29, 0.717) is 6.04 Å². The van der Waals surface area contributed by atoms with Gasteiger partial charge in [-0.25, -0.2) is 0 Å². The molecule has 1 aliphatic heterocycles. The third-order valence-corrected chi connectivity index (χ3v) is 5.77. The molecule has 1 unspecified atom stereocenters. The molecule has 1 aromatic carbocycles. The van der Waals surface area contributed by atoms with E-state index in [9.17, 15) is 0 Å². The molecule has 1 fully saturated rings. The number of rotatable bonds is 5. The van der Waals surface area contributed by atoms with Crippen LogP contribution in [0.15, 0.2) is 40.7 Å². The number of fused-ring (bicyclic) bond motifs is 1. The van der Waals surface area contributed by atoms with E-state index in [-0.39, 0.29) is 0 Å². The average molecular weight is 343 g/mol. The molecule has 7 heteroatoms. The van der Waals surface area contributed by atoms with Crippen LogP contribution in [0.5, 0.6) is 0 Å². The SMILES string of the molecule is C(=Cc1ccccc1)CSc1nn2c(C3CCCN3)nnc2s1. The van der Waals surface area contributed by atoms with Crippen molar-refractivity contribution in [3.8, 4) is 0 Å². The Kier molecular flexibility index (Phi) is 4.41. The van der Waals surface area contributed by atoms with Crippen LogP contribution in [0.1, 0.15) is 30.3 Å². The minimum absolute atomic E-state index is 0.294. The number of hydrogen-bond donors (Lipinski definition) is 1. The lowest BCUT2D eigenvalue weighted by atomic mass is 10.2. The summed E-state index contributed by atoms with van der Waals surface area (Å²) in [5.74, 6) is 1.84. The van der Waals surface area contributed by atoms with E-state index in [1.54, 1.807) is 23.1 Å². The first kappa shape index (κ1) is 14.9. The van der Waals surface area contributed by atoms with E-state index < -0.39 is 0 Å². The molecule has 0 bridgehead atoms. The van der Waals surface area contributed by atoms with Gasteiger partial charge < -0.3 is 5.32 Å². The Morgan fingerprint density at radius 3 is 3.04 bits per heavy atom. The fourth-order valence-corrected chi connectivity index (χ4v) is 4.38. The quantitative estimate of drug-likeness (QED) is 0.720. The van der Waals surface area contributed by atoms with Crippen molar-refractivity contribution in [1.29, 1.82) is 0 Å². The van der Waals surface area contributed by atoms with Gasteiger partial charge in [0.15, 0.2) is 10.2 Å². The third kappa shape index (κ3) is 3.31. The number of aromatic nitrogens is 4. The average Bonchev–Trinajstić information content (AvgIpc) is 3.29. The van der Waals surface area contributed by atoms with Gasteiger partial charge in [-0.05, 0) is 24.9 Å². The largest absolute Gasteiger partial charge is 0.307 e. The Bertz CT molecular complexity index is 802. The van der Waals surface area contributed by atoms with Gasteiger partial charge in [0.25, 0.3) is 0 Å². The summed E-state index contributed by atoms with van der Waals surface area (Å²) in [5, 5.41) is 16.7. The van der Waals surface area contributed by atoms with Gasteiger partial charge in [-0.15, -0.1) is 15.3 Å². The summed E-state index contributed by atoms with van der Waals surface area (Å²) in [6.07, 6.45) is 6.61. The van der Waals surface area contributed by atoms with Crippen LogP contribution in [-0.4, -0.2) is 32.1 Å². The lowest BCUT2D eigenvalue weighted by Gasteiger charge is -2.04. The van der Waals surface area contributed by atoms with Gasteiger partial charge in [-0.1, -0.05) is 65.6 Å². The summed E-state index contributed by atoms with van der Waals surface area (Å²) >= 11 is 3.34. The highest BCUT2D eigenvalue weighted by atomic mass is 32.2. The van der Waals surface area contributed by atoms with Crippen LogP contribution in [0.25, 0.3) is 11.0 Å². The molecule has 1 N–H and O–H groups in total. The summed E-state index contributed by atoms with van der Waals surface area (Å²) in [6.45, 7) is 1.05. The predicted molar refractivity (Wildman–Crippen MR) is 94.8 cm³/mol. The zero-order valence-electron chi connectivity index (χ0n) is 12.6. The van der Waals surface area contributed by atoms with Gasteiger partial charge >= 0.3 is 0 Å². The number of thioether (sulfide) groups is 1. The molecule has 0 aliphatic carbocycles. The Morgan fingerprint density at radius 2 is 2.22 bits per heavy atom. The van der Waals surface area contributed by atoms with Crippen molar-refractivity contribution in [1.82, 2.24) is 25.1 Å². The molecule has 3 aromatic rings. The first-order valence-electron chi connectivity index (χ1n) is 7.70. The van der Waals surface area contributed by atoms with Gasteiger partial charge in [0.1, 0.15) is 0 Å². The molecule has 1 saturated heterocycles. The maximum Gasteiger partial charge on any atom is 0.235 e. The van der Waals surface area contributed by atoms with Crippen molar-refractivity contribution in [3.05, 3.63) is 47.8 Å². The number of hydrogen-bond acceptors (Lipinski definition) is 6. The van der Waals surface area contributed by atoms with Crippen molar-refractivity contribution < 1.29 is 0 Å². The molecule has 23 heavy (non-hydrogen) atoms. The van der Waals surface area contributed by atoms with Crippen LogP contribution in [0.2, 0.25) is 0 Å². The second-order valence-corrected chi connectivity index (χ2v) is 7.62. The summed E-state index contributed by atoms with van der Waals surface area (Å²) < 4.78 is 2.93. The van der Waals surface area contributed by atoms with E-state index >= 15 is 0 Å². The minimum Gasteiger partial charge on any atom is -0.307 e. The minimum atomic E-state index is 0.294. The molecular weight excluding hydrogens is 326 g/mol. The van der Waals surface area contributed by atoms with Crippen LogP contribution in [0.4, 0.5) is 0 Å². The monoisotopic (exact) mass is 343 g/mol. The molecule has 1 atom stereocenters. The standard InChI is InChI=1S/C16H17N5S2/c1-2-6-12(7-3-1)8-5-11-22-16-20-21-14(13-9-4-10-17-13)18-19-15(21)23-16/h1-3,5-8,13,17H,4,9-11H2. The van der Waals surface area contributed by atoms with Gasteiger partial charge in [0, 0.05) is 5.75 Å². The fourth-order valence-electron chi connectivity index (χ4n) is 2.66. The Morgan fingerprint density at radius 1 is 1.30 bits per heavy atom. The first-order valence-corrected chi connectivity index (χ1v) is 9.50. The van der Waals surface area contributed by atoms with Crippen LogP contribution in [-0.2, 0) is 0 Å². The molecule has 3 heterocycles. The lowest BCUT2D eigenvalue weighted by Crippen LogP contribution is -2.16. The van der Waals surface area contributed by atoms with Gasteiger partial charge in [0.05, 0.1) is 6.04 Å². The van der Waals surface area contributed by atoms with Crippen LogP contribution in [0, 0.1) is 0 Å². The zero-order valence-corrected chi connectivity index (χ0v) is 14.2. The summed E-state index contributed by atoms with van der Waals surface area (Å²) in [6, 6.07) is 10.6. The first-order chi connectivity index (χ1) is 11.4. The van der Waals surface area contributed by atoms with Crippen molar-refractivity contribution in [3.63, 3.8) is 0 Å². The molecule has 1 aliphatic rings. The highest BCUT2D eigenvalue weighted by molar-refractivity contribution is 8.01. The number of nitrogens with one attached hydrogen (secondary N) is 1.